The van der Waals surface area contributed by atoms with Crippen molar-refractivity contribution in [1.82, 2.24) is 25.4 Å². The molecule has 0 aromatic carbocycles. The molecule has 3 rings (SSSR count). The van der Waals surface area contributed by atoms with Crippen molar-refractivity contribution >= 4 is 0 Å². The van der Waals surface area contributed by atoms with Gasteiger partial charge in [-0.05, 0) is 45.0 Å². The van der Waals surface area contributed by atoms with Crippen molar-refractivity contribution < 1.29 is 0 Å². The van der Waals surface area contributed by atoms with E-state index in [-0.39, 0.29) is 0 Å². The summed E-state index contributed by atoms with van der Waals surface area (Å²) in [6.07, 6.45) is 7.94. The summed E-state index contributed by atoms with van der Waals surface area (Å²) in [5.41, 5.74) is 4.58. The normalized spacial score (nSPS) is 16.6. The molecule has 1 fully saturated rings. The number of piperidine rings is 1. The molecule has 0 atom stereocenters. The van der Waals surface area contributed by atoms with E-state index >= 15 is 0 Å². The van der Waals surface area contributed by atoms with Gasteiger partial charge in [-0.1, -0.05) is 12.2 Å². The lowest BCUT2D eigenvalue weighted by Gasteiger charge is -2.32. The number of hydrogen-bond acceptors (Lipinski definition) is 4. The van der Waals surface area contributed by atoms with Crippen molar-refractivity contribution in [2.45, 2.75) is 32.4 Å². The van der Waals surface area contributed by atoms with Gasteiger partial charge in [0.1, 0.15) is 0 Å². The second-order valence-electron chi connectivity index (χ2n) is 6.40. The fourth-order valence-corrected chi connectivity index (χ4v) is 3.14. The van der Waals surface area contributed by atoms with Gasteiger partial charge in [-0.15, -0.1) is 0 Å². The van der Waals surface area contributed by atoms with Crippen LogP contribution in [0.1, 0.15) is 25.3 Å². The first-order valence-corrected chi connectivity index (χ1v) is 8.25. The third kappa shape index (κ3) is 4.27. The molecule has 1 saturated heterocycles. The number of aromatic nitrogens is 3. The van der Waals surface area contributed by atoms with Crippen molar-refractivity contribution in [3.05, 3.63) is 48.4 Å². The Hall–Kier alpha value is -1.98. The Bertz CT molecular complexity index is 626. The molecule has 2 aromatic heterocycles. The van der Waals surface area contributed by atoms with Gasteiger partial charge in [0.2, 0.25) is 0 Å². The first-order valence-electron chi connectivity index (χ1n) is 8.25. The average Bonchev–Trinajstić information content (AvgIpc) is 3.03. The van der Waals surface area contributed by atoms with Gasteiger partial charge in [-0.25, -0.2) is 0 Å². The van der Waals surface area contributed by atoms with Gasteiger partial charge in [0.05, 0.1) is 11.9 Å². The largest absolute Gasteiger partial charge is 0.310 e. The van der Waals surface area contributed by atoms with Crippen LogP contribution < -0.4 is 5.32 Å². The van der Waals surface area contributed by atoms with E-state index in [0.717, 1.165) is 37.4 Å². The molecule has 0 aliphatic carbocycles. The maximum atomic E-state index is 4.20. The number of rotatable bonds is 6. The van der Waals surface area contributed by atoms with E-state index in [1.54, 1.807) is 6.20 Å². The standard InChI is InChI=1S/C18H25N5/c1-14(2)13-23-8-5-17(6-9-23)20-11-16-12-21-22-18(16)15-4-3-7-19-10-15/h3-4,7,10,12,17,20H,1,5-6,8-9,11,13H2,2H3,(H,21,22). The van der Waals surface area contributed by atoms with Crippen molar-refractivity contribution in [2.24, 2.45) is 0 Å². The summed E-state index contributed by atoms with van der Waals surface area (Å²) in [5, 5.41) is 11.0. The molecule has 2 aromatic rings. The average molecular weight is 311 g/mol. The first kappa shape index (κ1) is 15.9. The number of aromatic amines is 1. The molecule has 5 heteroatoms. The van der Waals surface area contributed by atoms with Crippen LogP contribution in [-0.2, 0) is 6.54 Å². The predicted molar refractivity (Wildman–Crippen MR) is 92.9 cm³/mol. The quantitative estimate of drug-likeness (QED) is 0.805. The Kier molecular flexibility index (Phi) is 5.20. The monoisotopic (exact) mass is 311 g/mol. The highest BCUT2D eigenvalue weighted by molar-refractivity contribution is 5.61. The second-order valence-corrected chi connectivity index (χ2v) is 6.40. The minimum Gasteiger partial charge on any atom is -0.310 e. The van der Waals surface area contributed by atoms with E-state index in [1.807, 2.05) is 18.5 Å². The topological polar surface area (TPSA) is 56.8 Å². The highest BCUT2D eigenvalue weighted by Gasteiger charge is 2.19. The highest BCUT2D eigenvalue weighted by atomic mass is 15.1. The van der Waals surface area contributed by atoms with Crippen LogP contribution in [0.5, 0.6) is 0 Å². The van der Waals surface area contributed by atoms with E-state index in [0.29, 0.717) is 6.04 Å². The van der Waals surface area contributed by atoms with Crippen LogP contribution in [0.2, 0.25) is 0 Å². The summed E-state index contributed by atoms with van der Waals surface area (Å²) in [5.74, 6) is 0. The third-order valence-electron chi connectivity index (χ3n) is 4.33. The van der Waals surface area contributed by atoms with E-state index in [2.05, 4.69) is 45.0 Å². The Morgan fingerprint density at radius 1 is 1.39 bits per heavy atom. The zero-order chi connectivity index (χ0) is 16.1. The van der Waals surface area contributed by atoms with E-state index in [1.165, 1.54) is 24.0 Å². The van der Waals surface area contributed by atoms with Gasteiger partial charge in [0, 0.05) is 42.7 Å². The molecule has 5 nitrogen and oxygen atoms in total. The number of nitrogens with one attached hydrogen (secondary N) is 2. The van der Waals surface area contributed by atoms with Crippen molar-refractivity contribution in [3.8, 4) is 11.3 Å². The van der Waals surface area contributed by atoms with Crippen molar-refractivity contribution in [1.29, 1.82) is 0 Å². The summed E-state index contributed by atoms with van der Waals surface area (Å²) >= 11 is 0. The number of H-pyrrole nitrogens is 1. The summed E-state index contributed by atoms with van der Waals surface area (Å²) < 4.78 is 0. The molecular weight excluding hydrogens is 286 g/mol. The van der Waals surface area contributed by atoms with Crippen LogP contribution in [0.25, 0.3) is 11.3 Å². The highest BCUT2D eigenvalue weighted by Crippen LogP contribution is 2.20. The van der Waals surface area contributed by atoms with Crippen LogP contribution in [0.15, 0.2) is 42.9 Å². The number of nitrogens with zero attached hydrogens (tertiary/aromatic N) is 3. The fourth-order valence-electron chi connectivity index (χ4n) is 3.14. The van der Waals surface area contributed by atoms with Crippen molar-refractivity contribution in [3.63, 3.8) is 0 Å². The maximum Gasteiger partial charge on any atom is 0.0710 e. The number of likely N-dealkylation sites (tertiary alicyclic amines) is 1. The first-order chi connectivity index (χ1) is 11.2. The summed E-state index contributed by atoms with van der Waals surface area (Å²) in [4.78, 5) is 6.67. The Balaban J connectivity index is 1.52. The van der Waals surface area contributed by atoms with Gasteiger partial charge >= 0.3 is 0 Å². The minimum absolute atomic E-state index is 0.577. The zero-order valence-electron chi connectivity index (χ0n) is 13.8. The van der Waals surface area contributed by atoms with Crippen LogP contribution in [-0.4, -0.2) is 45.8 Å². The second kappa shape index (κ2) is 7.53. The molecule has 3 heterocycles. The Morgan fingerprint density at radius 2 is 2.22 bits per heavy atom. The summed E-state index contributed by atoms with van der Waals surface area (Å²) in [6.45, 7) is 10.3. The van der Waals surface area contributed by atoms with E-state index in [4.69, 9.17) is 0 Å². The lowest BCUT2D eigenvalue weighted by molar-refractivity contribution is 0.211. The van der Waals surface area contributed by atoms with Gasteiger partial charge in [-0.2, -0.15) is 5.10 Å². The molecular formula is C18H25N5. The van der Waals surface area contributed by atoms with Gasteiger partial charge in [0.15, 0.2) is 0 Å². The smallest absolute Gasteiger partial charge is 0.0710 e. The molecule has 0 saturated carbocycles. The zero-order valence-corrected chi connectivity index (χ0v) is 13.8. The molecule has 23 heavy (non-hydrogen) atoms. The van der Waals surface area contributed by atoms with E-state index < -0.39 is 0 Å². The lowest BCUT2D eigenvalue weighted by atomic mass is 10.0. The Morgan fingerprint density at radius 3 is 2.91 bits per heavy atom. The minimum atomic E-state index is 0.577. The van der Waals surface area contributed by atoms with Crippen LogP contribution in [0.4, 0.5) is 0 Å². The molecule has 0 amide bonds. The molecule has 1 aliphatic heterocycles. The van der Waals surface area contributed by atoms with Gasteiger partial charge < -0.3 is 5.32 Å². The summed E-state index contributed by atoms with van der Waals surface area (Å²) in [6, 6.07) is 4.58. The fraction of sp³-hybridized carbons (Fsp3) is 0.444. The van der Waals surface area contributed by atoms with Crippen LogP contribution >= 0.6 is 0 Å². The molecule has 0 spiro atoms. The molecule has 122 valence electrons. The molecule has 1 aliphatic rings. The predicted octanol–water partition coefficient (Wildman–Crippen LogP) is 2.60. The van der Waals surface area contributed by atoms with Gasteiger partial charge in [0.25, 0.3) is 0 Å². The van der Waals surface area contributed by atoms with Crippen molar-refractivity contribution in [2.75, 3.05) is 19.6 Å². The Labute approximate surface area is 137 Å². The molecule has 0 radical (unpaired) electrons. The number of pyridine rings is 1. The summed E-state index contributed by atoms with van der Waals surface area (Å²) in [7, 11) is 0. The maximum absolute atomic E-state index is 4.20. The van der Waals surface area contributed by atoms with E-state index in [9.17, 15) is 0 Å². The molecule has 2 N–H and O–H groups in total. The van der Waals surface area contributed by atoms with Crippen LogP contribution in [0.3, 0.4) is 0 Å². The lowest BCUT2D eigenvalue weighted by Crippen LogP contribution is -2.42. The molecule has 0 unspecified atom stereocenters. The third-order valence-corrected chi connectivity index (χ3v) is 4.33. The van der Waals surface area contributed by atoms with Gasteiger partial charge in [-0.3, -0.25) is 15.0 Å². The SMILES string of the molecule is C=C(C)CN1CCC(NCc2cn[nH]c2-c2cccnc2)CC1. The van der Waals surface area contributed by atoms with Crippen LogP contribution in [0, 0.1) is 0 Å². The molecule has 0 bridgehead atoms. The number of hydrogen-bond donors (Lipinski definition) is 2.